The van der Waals surface area contributed by atoms with Crippen molar-refractivity contribution in [1.82, 2.24) is 15.5 Å². The molecule has 154 valence electrons. The van der Waals surface area contributed by atoms with Crippen LogP contribution < -0.4 is 20.1 Å². The molecule has 28 heavy (non-hydrogen) atoms. The van der Waals surface area contributed by atoms with Gasteiger partial charge in [0, 0.05) is 37.3 Å². The van der Waals surface area contributed by atoms with Crippen molar-refractivity contribution in [2.75, 3.05) is 40.4 Å². The van der Waals surface area contributed by atoms with Crippen molar-refractivity contribution in [3.05, 3.63) is 29.8 Å². The Kier molecular flexibility index (Phi) is 8.81. The van der Waals surface area contributed by atoms with Crippen molar-refractivity contribution in [2.24, 2.45) is 0 Å². The normalized spacial score (nSPS) is 15.4. The lowest BCUT2D eigenvalue weighted by molar-refractivity contribution is -0.123. The van der Waals surface area contributed by atoms with Gasteiger partial charge in [0.15, 0.2) is 0 Å². The van der Waals surface area contributed by atoms with Gasteiger partial charge in [0.25, 0.3) is 0 Å². The van der Waals surface area contributed by atoms with Crippen molar-refractivity contribution in [1.29, 1.82) is 0 Å². The lowest BCUT2D eigenvalue weighted by atomic mass is 10.0. The molecule has 0 saturated carbocycles. The SMILES string of the molecule is CCCNC(=O)CN1CCC(NC(=O)/C=C/c2cc(OC)ccc2OC)CC1. The molecule has 2 amide bonds. The van der Waals surface area contributed by atoms with Gasteiger partial charge in [-0.1, -0.05) is 6.92 Å². The molecule has 1 aliphatic rings. The molecule has 7 heteroatoms. The molecule has 1 fully saturated rings. The van der Waals surface area contributed by atoms with Crippen LogP contribution in [-0.2, 0) is 9.59 Å². The Balaban J connectivity index is 1.80. The molecule has 1 saturated heterocycles. The first-order chi connectivity index (χ1) is 13.5. The molecule has 1 aromatic carbocycles. The van der Waals surface area contributed by atoms with E-state index in [4.69, 9.17) is 9.47 Å². The second-order valence-corrected chi connectivity index (χ2v) is 6.85. The fourth-order valence-corrected chi connectivity index (χ4v) is 3.14. The van der Waals surface area contributed by atoms with Crippen LogP contribution in [0.2, 0.25) is 0 Å². The summed E-state index contributed by atoms with van der Waals surface area (Å²) in [6.07, 6.45) is 5.85. The number of rotatable bonds is 9. The summed E-state index contributed by atoms with van der Waals surface area (Å²) in [6, 6.07) is 5.57. The minimum absolute atomic E-state index is 0.0690. The average molecular weight is 389 g/mol. The van der Waals surface area contributed by atoms with E-state index < -0.39 is 0 Å². The smallest absolute Gasteiger partial charge is 0.244 e. The Bertz CT molecular complexity index is 682. The van der Waals surface area contributed by atoms with Gasteiger partial charge in [-0.25, -0.2) is 0 Å². The maximum Gasteiger partial charge on any atom is 0.244 e. The van der Waals surface area contributed by atoms with Crippen molar-refractivity contribution in [3.8, 4) is 11.5 Å². The number of hydrogen-bond donors (Lipinski definition) is 2. The van der Waals surface area contributed by atoms with Gasteiger partial charge in [0.2, 0.25) is 11.8 Å². The Morgan fingerprint density at radius 2 is 1.96 bits per heavy atom. The van der Waals surface area contributed by atoms with E-state index in [9.17, 15) is 9.59 Å². The maximum atomic E-state index is 12.3. The van der Waals surface area contributed by atoms with Gasteiger partial charge in [-0.2, -0.15) is 0 Å². The fourth-order valence-electron chi connectivity index (χ4n) is 3.14. The van der Waals surface area contributed by atoms with Gasteiger partial charge in [0.05, 0.1) is 20.8 Å². The fraction of sp³-hybridized carbons (Fsp3) is 0.524. The first-order valence-electron chi connectivity index (χ1n) is 9.75. The number of piperidine rings is 1. The standard InChI is InChI=1S/C21H31N3O4/c1-4-11-22-21(26)15-24-12-9-17(10-13-24)23-20(25)8-5-16-14-18(27-2)6-7-19(16)28-3/h5-8,14,17H,4,9-13,15H2,1-3H3,(H,22,26)(H,23,25)/b8-5+. The van der Waals surface area contributed by atoms with Gasteiger partial charge < -0.3 is 20.1 Å². The second-order valence-electron chi connectivity index (χ2n) is 6.85. The van der Waals surface area contributed by atoms with E-state index in [0.717, 1.165) is 44.5 Å². The van der Waals surface area contributed by atoms with Crippen LogP contribution >= 0.6 is 0 Å². The number of likely N-dealkylation sites (tertiary alicyclic amines) is 1. The zero-order valence-corrected chi connectivity index (χ0v) is 17.0. The topological polar surface area (TPSA) is 79.9 Å². The summed E-state index contributed by atoms with van der Waals surface area (Å²) in [4.78, 5) is 26.2. The Hall–Kier alpha value is -2.54. The van der Waals surface area contributed by atoms with Crippen molar-refractivity contribution in [3.63, 3.8) is 0 Å². The van der Waals surface area contributed by atoms with Crippen LogP contribution in [0.15, 0.2) is 24.3 Å². The number of nitrogens with zero attached hydrogens (tertiary/aromatic N) is 1. The minimum Gasteiger partial charge on any atom is -0.497 e. The van der Waals surface area contributed by atoms with E-state index in [1.165, 1.54) is 6.08 Å². The molecule has 2 rings (SSSR count). The van der Waals surface area contributed by atoms with Crippen LogP contribution in [0.3, 0.4) is 0 Å². The first kappa shape index (κ1) is 21.8. The highest BCUT2D eigenvalue weighted by Crippen LogP contribution is 2.25. The molecule has 1 aliphatic heterocycles. The van der Waals surface area contributed by atoms with Crippen LogP contribution in [0.4, 0.5) is 0 Å². The average Bonchev–Trinajstić information content (AvgIpc) is 2.71. The van der Waals surface area contributed by atoms with E-state index in [0.29, 0.717) is 18.0 Å². The summed E-state index contributed by atoms with van der Waals surface area (Å²) in [5.41, 5.74) is 0.782. The van der Waals surface area contributed by atoms with Crippen LogP contribution in [-0.4, -0.2) is 63.2 Å². The van der Waals surface area contributed by atoms with E-state index in [2.05, 4.69) is 15.5 Å². The largest absolute Gasteiger partial charge is 0.497 e. The predicted molar refractivity (Wildman–Crippen MR) is 109 cm³/mol. The van der Waals surface area contributed by atoms with Crippen molar-refractivity contribution >= 4 is 17.9 Å². The zero-order valence-electron chi connectivity index (χ0n) is 17.0. The zero-order chi connectivity index (χ0) is 20.4. The lowest BCUT2D eigenvalue weighted by Gasteiger charge is -2.31. The molecular weight excluding hydrogens is 358 g/mol. The number of methoxy groups -OCH3 is 2. The van der Waals surface area contributed by atoms with Crippen LogP contribution in [0, 0.1) is 0 Å². The molecule has 0 aliphatic carbocycles. The Labute approximate surface area is 167 Å². The number of ether oxygens (including phenoxy) is 2. The van der Waals surface area contributed by atoms with Crippen LogP contribution in [0.25, 0.3) is 6.08 Å². The molecule has 0 spiro atoms. The highest BCUT2D eigenvalue weighted by atomic mass is 16.5. The predicted octanol–water partition coefficient (Wildman–Crippen LogP) is 1.82. The first-order valence-corrected chi connectivity index (χ1v) is 9.75. The minimum atomic E-state index is -0.135. The van der Waals surface area contributed by atoms with Gasteiger partial charge >= 0.3 is 0 Å². The summed E-state index contributed by atoms with van der Waals surface area (Å²) in [7, 11) is 3.19. The third kappa shape index (κ3) is 6.88. The molecule has 2 N–H and O–H groups in total. The molecule has 1 heterocycles. The molecule has 0 atom stereocenters. The van der Waals surface area contributed by atoms with Crippen molar-refractivity contribution in [2.45, 2.75) is 32.2 Å². The number of nitrogens with one attached hydrogen (secondary N) is 2. The van der Waals surface area contributed by atoms with Crippen LogP contribution in [0.1, 0.15) is 31.7 Å². The third-order valence-electron chi connectivity index (χ3n) is 4.72. The third-order valence-corrected chi connectivity index (χ3v) is 4.72. The molecule has 0 radical (unpaired) electrons. The van der Waals surface area contributed by atoms with E-state index in [1.807, 2.05) is 25.1 Å². The lowest BCUT2D eigenvalue weighted by Crippen LogP contribution is -2.47. The van der Waals surface area contributed by atoms with Gasteiger partial charge in [-0.15, -0.1) is 0 Å². The Morgan fingerprint density at radius 3 is 2.61 bits per heavy atom. The molecule has 1 aromatic rings. The van der Waals surface area contributed by atoms with Gasteiger partial charge in [-0.3, -0.25) is 14.5 Å². The molecule has 0 aromatic heterocycles. The van der Waals surface area contributed by atoms with Gasteiger partial charge in [-0.05, 0) is 43.5 Å². The highest BCUT2D eigenvalue weighted by Gasteiger charge is 2.21. The summed E-state index contributed by atoms with van der Waals surface area (Å²) >= 11 is 0. The van der Waals surface area contributed by atoms with Crippen molar-refractivity contribution < 1.29 is 19.1 Å². The molecular formula is C21H31N3O4. The number of hydrogen-bond acceptors (Lipinski definition) is 5. The van der Waals surface area contributed by atoms with E-state index in [1.54, 1.807) is 20.3 Å². The summed E-state index contributed by atoms with van der Waals surface area (Å²) in [5, 5.41) is 5.93. The summed E-state index contributed by atoms with van der Waals surface area (Å²) in [5.74, 6) is 1.32. The molecule has 7 nitrogen and oxygen atoms in total. The number of carbonyl (C=O) groups is 2. The molecule has 0 bridgehead atoms. The number of amides is 2. The number of benzene rings is 1. The quantitative estimate of drug-likeness (QED) is 0.630. The van der Waals surface area contributed by atoms with E-state index in [-0.39, 0.29) is 17.9 Å². The number of carbonyl (C=O) groups excluding carboxylic acids is 2. The summed E-state index contributed by atoms with van der Waals surface area (Å²) in [6.45, 7) is 4.79. The highest BCUT2D eigenvalue weighted by molar-refractivity contribution is 5.92. The monoisotopic (exact) mass is 389 g/mol. The van der Waals surface area contributed by atoms with Crippen LogP contribution in [0.5, 0.6) is 11.5 Å². The summed E-state index contributed by atoms with van der Waals surface area (Å²) < 4.78 is 10.5. The second kappa shape index (κ2) is 11.3. The molecule has 0 unspecified atom stereocenters. The Morgan fingerprint density at radius 1 is 1.21 bits per heavy atom. The maximum absolute atomic E-state index is 12.3. The van der Waals surface area contributed by atoms with E-state index >= 15 is 0 Å². The van der Waals surface area contributed by atoms with Gasteiger partial charge in [0.1, 0.15) is 11.5 Å².